The van der Waals surface area contributed by atoms with E-state index in [-0.39, 0.29) is 5.91 Å². The highest BCUT2D eigenvalue weighted by molar-refractivity contribution is 7.09. The number of amides is 1. The Balaban J connectivity index is 1.59. The van der Waals surface area contributed by atoms with Crippen molar-refractivity contribution in [1.82, 2.24) is 14.3 Å². The first-order valence-electron chi connectivity index (χ1n) is 10.1. The molecule has 0 atom stereocenters. The fourth-order valence-corrected chi connectivity index (χ4v) is 3.92. The summed E-state index contributed by atoms with van der Waals surface area (Å²) in [6, 6.07) is 8.50. The molecule has 0 aliphatic carbocycles. The number of hydrogen-bond donors (Lipinski definition) is 0. The lowest BCUT2D eigenvalue weighted by Gasteiger charge is -2.28. The largest absolute Gasteiger partial charge is 0.378 e. The molecule has 1 aromatic carbocycles. The Morgan fingerprint density at radius 3 is 2.68 bits per heavy atom. The first-order valence-corrected chi connectivity index (χ1v) is 10.9. The second-order valence-electron chi connectivity index (χ2n) is 7.24. The van der Waals surface area contributed by atoms with Crippen molar-refractivity contribution in [2.24, 2.45) is 0 Å². The second kappa shape index (κ2) is 10.5. The predicted molar refractivity (Wildman–Crippen MR) is 113 cm³/mol. The third kappa shape index (κ3) is 6.01. The van der Waals surface area contributed by atoms with Gasteiger partial charge in [-0.2, -0.15) is 4.37 Å². The summed E-state index contributed by atoms with van der Waals surface area (Å²) < 4.78 is 9.89. The number of unbranched alkanes of at least 4 members (excludes halogenated alkanes) is 1. The number of ether oxygens (including phenoxy) is 1. The van der Waals surface area contributed by atoms with E-state index in [2.05, 4.69) is 47.4 Å². The maximum absolute atomic E-state index is 12.5. The minimum absolute atomic E-state index is 0.203. The SMILES string of the molecule is CCCCN(CCC(=O)N1CCOCC1)c1nc(Cc2ccc(C)cc2)ns1. The molecule has 1 aliphatic rings. The average molecular weight is 403 g/mol. The summed E-state index contributed by atoms with van der Waals surface area (Å²) >= 11 is 1.44. The fourth-order valence-electron chi connectivity index (χ4n) is 3.19. The number of carbonyl (C=O) groups is 1. The summed E-state index contributed by atoms with van der Waals surface area (Å²) in [6.07, 6.45) is 3.45. The van der Waals surface area contributed by atoms with Crippen LogP contribution in [0.3, 0.4) is 0 Å². The van der Waals surface area contributed by atoms with E-state index in [4.69, 9.17) is 9.72 Å². The van der Waals surface area contributed by atoms with Gasteiger partial charge in [-0.25, -0.2) is 4.98 Å². The predicted octanol–water partition coefficient (Wildman–Crippen LogP) is 3.29. The van der Waals surface area contributed by atoms with Crippen LogP contribution in [-0.2, 0) is 16.0 Å². The van der Waals surface area contributed by atoms with E-state index in [1.54, 1.807) is 0 Å². The van der Waals surface area contributed by atoms with Crippen molar-refractivity contribution in [3.05, 3.63) is 41.2 Å². The second-order valence-corrected chi connectivity index (χ2v) is 7.97. The number of nitrogens with zero attached hydrogens (tertiary/aromatic N) is 4. The van der Waals surface area contributed by atoms with Crippen LogP contribution in [-0.4, -0.2) is 59.6 Å². The maximum Gasteiger partial charge on any atom is 0.224 e. The molecule has 6 nitrogen and oxygen atoms in total. The zero-order valence-electron chi connectivity index (χ0n) is 16.9. The summed E-state index contributed by atoms with van der Waals surface area (Å²) in [5.74, 6) is 1.05. The molecule has 152 valence electrons. The zero-order valence-corrected chi connectivity index (χ0v) is 17.7. The Hall–Kier alpha value is -1.99. The monoisotopic (exact) mass is 402 g/mol. The lowest BCUT2D eigenvalue weighted by Crippen LogP contribution is -2.42. The minimum Gasteiger partial charge on any atom is -0.378 e. The Morgan fingerprint density at radius 2 is 1.96 bits per heavy atom. The Kier molecular flexibility index (Phi) is 7.80. The van der Waals surface area contributed by atoms with Gasteiger partial charge in [-0.05, 0) is 18.9 Å². The molecule has 2 aromatic rings. The summed E-state index contributed by atoms with van der Waals surface area (Å²) in [6.45, 7) is 8.56. The molecule has 0 radical (unpaired) electrons. The maximum atomic E-state index is 12.5. The van der Waals surface area contributed by atoms with Crippen molar-refractivity contribution in [2.75, 3.05) is 44.3 Å². The zero-order chi connectivity index (χ0) is 19.8. The van der Waals surface area contributed by atoms with Crippen molar-refractivity contribution in [2.45, 2.75) is 39.5 Å². The van der Waals surface area contributed by atoms with Crippen LogP contribution in [0.5, 0.6) is 0 Å². The van der Waals surface area contributed by atoms with Gasteiger partial charge < -0.3 is 14.5 Å². The van der Waals surface area contributed by atoms with Crippen LogP contribution in [0, 0.1) is 6.92 Å². The summed E-state index contributed by atoms with van der Waals surface area (Å²) in [4.78, 5) is 21.4. The molecule has 7 heteroatoms. The first kappa shape index (κ1) is 20.7. The average Bonchev–Trinajstić information content (AvgIpc) is 3.18. The number of hydrogen-bond acceptors (Lipinski definition) is 6. The van der Waals surface area contributed by atoms with Gasteiger partial charge in [0.05, 0.1) is 13.2 Å². The number of anilines is 1. The number of benzene rings is 1. The minimum atomic E-state index is 0.203. The molecule has 28 heavy (non-hydrogen) atoms. The molecular formula is C21H30N4O2S. The Labute approximate surface area is 171 Å². The number of morpholine rings is 1. The molecule has 0 bridgehead atoms. The van der Waals surface area contributed by atoms with Crippen molar-refractivity contribution in [3.8, 4) is 0 Å². The van der Waals surface area contributed by atoms with Crippen LogP contribution >= 0.6 is 11.5 Å². The highest BCUT2D eigenvalue weighted by Gasteiger charge is 2.19. The van der Waals surface area contributed by atoms with Crippen LogP contribution in [0.15, 0.2) is 24.3 Å². The Morgan fingerprint density at radius 1 is 1.21 bits per heavy atom. The molecule has 0 N–H and O–H groups in total. The van der Waals surface area contributed by atoms with E-state index in [0.29, 0.717) is 39.3 Å². The van der Waals surface area contributed by atoms with E-state index < -0.39 is 0 Å². The number of aryl methyl sites for hydroxylation is 1. The highest BCUT2D eigenvalue weighted by Crippen LogP contribution is 2.20. The molecule has 0 spiro atoms. The molecule has 1 aromatic heterocycles. The molecular weight excluding hydrogens is 372 g/mol. The molecule has 0 saturated carbocycles. The van der Waals surface area contributed by atoms with Crippen molar-refractivity contribution < 1.29 is 9.53 Å². The van der Waals surface area contributed by atoms with E-state index in [0.717, 1.165) is 36.8 Å². The number of aromatic nitrogens is 2. The van der Waals surface area contributed by atoms with Gasteiger partial charge in [0, 0.05) is 50.6 Å². The van der Waals surface area contributed by atoms with Gasteiger partial charge in [-0.3, -0.25) is 4.79 Å². The van der Waals surface area contributed by atoms with E-state index >= 15 is 0 Å². The van der Waals surface area contributed by atoms with Gasteiger partial charge in [0.1, 0.15) is 5.82 Å². The lowest BCUT2D eigenvalue weighted by molar-refractivity contribution is -0.135. The third-order valence-corrected chi connectivity index (χ3v) is 5.77. The standard InChI is InChI=1S/C21H30N4O2S/c1-3-4-10-25(11-9-20(26)24-12-14-27-15-13-24)21-22-19(23-28-21)16-18-7-5-17(2)6-8-18/h5-8H,3-4,9-16H2,1-2H3. The Bertz CT molecular complexity index is 741. The lowest BCUT2D eigenvalue weighted by atomic mass is 10.1. The van der Waals surface area contributed by atoms with E-state index in [1.807, 2.05) is 4.90 Å². The smallest absolute Gasteiger partial charge is 0.224 e. The van der Waals surface area contributed by atoms with Crippen molar-refractivity contribution in [1.29, 1.82) is 0 Å². The van der Waals surface area contributed by atoms with Gasteiger partial charge in [0.25, 0.3) is 0 Å². The molecule has 2 heterocycles. The van der Waals surface area contributed by atoms with Crippen LogP contribution < -0.4 is 4.90 Å². The molecule has 1 aliphatic heterocycles. The van der Waals surface area contributed by atoms with Crippen molar-refractivity contribution >= 4 is 22.6 Å². The van der Waals surface area contributed by atoms with Gasteiger partial charge >= 0.3 is 0 Å². The van der Waals surface area contributed by atoms with Crippen LogP contribution in [0.1, 0.15) is 43.1 Å². The van der Waals surface area contributed by atoms with E-state index in [1.165, 1.54) is 22.7 Å². The summed E-state index contributed by atoms with van der Waals surface area (Å²) in [5.41, 5.74) is 2.48. The quantitative estimate of drug-likeness (QED) is 0.644. The topological polar surface area (TPSA) is 58.6 Å². The van der Waals surface area contributed by atoms with Crippen LogP contribution in [0.2, 0.25) is 0 Å². The molecule has 0 unspecified atom stereocenters. The number of carbonyl (C=O) groups excluding carboxylic acids is 1. The van der Waals surface area contributed by atoms with Crippen molar-refractivity contribution in [3.63, 3.8) is 0 Å². The fraction of sp³-hybridized carbons (Fsp3) is 0.571. The molecule has 1 fully saturated rings. The number of rotatable bonds is 9. The molecule has 3 rings (SSSR count). The first-order chi connectivity index (χ1) is 13.7. The summed E-state index contributed by atoms with van der Waals surface area (Å²) in [5, 5.41) is 0.922. The summed E-state index contributed by atoms with van der Waals surface area (Å²) in [7, 11) is 0. The van der Waals surface area contributed by atoms with Gasteiger partial charge in [0.15, 0.2) is 0 Å². The normalized spacial score (nSPS) is 14.3. The highest BCUT2D eigenvalue weighted by atomic mass is 32.1. The third-order valence-electron chi connectivity index (χ3n) is 4.95. The van der Waals surface area contributed by atoms with Crippen LogP contribution in [0.4, 0.5) is 5.13 Å². The molecule has 1 amide bonds. The van der Waals surface area contributed by atoms with Gasteiger partial charge in [0.2, 0.25) is 11.0 Å². The van der Waals surface area contributed by atoms with Gasteiger partial charge in [-0.15, -0.1) is 0 Å². The van der Waals surface area contributed by atoms with Gasteiger partial charge in [-0.1, -0.05) is 43.2 Å². The van der Waals surface area contributed by atoms with Crippen LogP contribution in [0.25, 0.3) is 0 Å². The molecule has 1 saturated heterocycles. The van der Waals surface area contributed by atoms with E-state index in [9.17, 15) is 4.79 Å².